The Kier molecular flexibility index (Phi) is 7.64. The molecule has 132 valence electrons. The first kappa shape index (κ1) is 19.2. The summed E-state index contributed by atoms with van der Waals surface area (Å²) >= 11 is 11.9. The number of nitrogens with one attached hydrogen (secondary N) is 1. The summed E-state index contributed by atoms with van der Waals surface area (Å²) in [6.45, 7) is 4.37. The van der Waals surface area contributed by atoms with Gasteiger partial charge in [0.05, 0.1) is 17.3 Å². The van der Waals surface area contributed by atoms with Crippen LogP contribution in [0.25, 0.3) is 0 Å². The van der Waals surface area contributed by atoms with Gasteiger partial charge in [-0.25, -0.2) is 0 Å². The lowest BCUT2D eigenvalue weighted by Crippen LogP contribution is -2.13. The van der Waals surface area contributed by atoms with Crippen molar-refractivity contribution in [3.63, 3.8) is 0 Å². The first-order valence-corrected chi connectivity index (χ1v) is 8.56. The van der Waals surface area contributed by atoms with Crippen molar-refractivity contribution in [1.82, 2.24) is 0 Å². The fraction of sp³-hybridized carbons (Fsp3) is 0.211. The number of halogens is 2. The SMILES string of the molecule is C=CCOc1ccccc1NC(=O)CCCOc1ccc(Cl)cc1Cl. The number of rotatable bonds is 9. The van der Waals surface area contributed by atoms with E-state index in [0.29, 0.717) is 53.3 Å². The fourth-order valence-corrected chi connectivity index (χ4v) is 2.53. The first-order valence-electron chi connectivity index (χ1n) is 7.80. The molecular weight excluding hydrogens is 361 g/mol. The fourth-order valence-electron chi connectivity index (χ4n) is 2.06. The van der Waals surface area contributed by atoms with Crippen molar-refractivity contribution in [2.24, 2.45) is 0 Å². The number of ether oxygens (including phenoxy) is 2. The van der Waals surface area contributed by atoms with Crippen LogP contribution in [0.4, 0.5) is 5.69 Å². The number of hydrogen-bond donors (Lipinski definition) is 1. The second kappa shape index (κ2) is 9.97. The third-order valence-corrected chi connectivity index (χ3v) is 3.75. The Morgan fingerprint density at radius 2 is 1.92 bits per heavy atom. The van der Waals surface area contributed by atoms with E-state index in [1.807, 2.05) is 12.1 Å². The van der Waals surface area contributed by atoms with Crippen molar-refractivity contribution in [1.29, 1.82) is 0 Å². The van der Waals surface area contributed by atoms with E-state index in [1.165, 1.54) is 0 Å². The van der Waals surface area contributed by atoms with E-state index in [2.05, 4.69) is 11.9 Å². The summed E-state index contributed by atoms with van der Waals surface area (Å²) in [6.07, 6.45) is 2.53. The number of carbonyl (C=O) groups is 1. The molecular formula is C19H19Cl2NO3. The van der Waals surface area contributed by atoms with E-state index >= 15 is 0 Å². The molecule has 25 heavy (non-hydrogen) atoms. The van der Waals surface area contributed by atoms with Gasteiger partial charge in [0.2, 0.25) is 5.91 Å². The Labute approximate surface area is 157 Å². The third-order valence-electron chi connectivity index (χ3n) is 3.22. The Bertz CT molecular complexity index is 734. The molecule has 1 amide bonds. The molecule has 0 aromatic heterocycles. The first-order chi connectivity index (χ1) is 12.1. The second-order valence-corrected chi connectivity index (χ2v) is 6.01. The van der Waals surface area contributed by atoms with Gasteiger partial charge in [0.25, 0.3) is 0 Å². The number of carbonyl (C=O) groups excluding carboxylic acids is 1. The van der Waals surface area contributed by atoms with Crippen LogP contribution in [0.5, 0.6) is 11.5 Å². The van der Waals surface area contributed by atoms with Crippen LogP contribution in [0.15, 0.2) is 55.1 Å². The van der Waals surface area contributed by atoms with E-state index in [-0.39, 0.29) is 5.91 Å². The molecule has 0 spiro atoms. The molecule has 0 fully saturated rings. The zero-order valence-electron chi connectivity index (χ0n) is 13.6. The topological polar surface area (TPSA) is 47.6 Å². The Morgan fingerprint density at radius 1 is 1.12 bits per heavy atom. The van der Waals surface area contributed by atoms with Crippen LogP contribution in [0.2, 0.25) is 10.0 Å². The predicted molar refractivity (Wildman–Crippen MR) is 102 cm³/mol. The standard InChI is InChI=1S/C19H19Cl2NO3/c1-2-11-24-18-7-4-3-6-16(18)22-19(23)8-5-12-25-17-10-9-14(20)13-15(17)21/h2-4,6-7,9-10,13H,1,5,8,11-12H2,(H,22,23). The maximum Gasteiger partial charge on any atom is 0.224 e. The van der Waals surface area contributed by atoms with Gasteiger partial charge in [-0.15, -0.1) is 0 Å². The van der Waals surface area contributed by atoms with Crippen LogP contribution < -0.4 is 14.8 Å². The number of benzene rings is 2. The summed E-state index contributed by atoms with van der Waals surface area (Å²) < 4.78 is 11.1. The van der Waals surface area contributed by atoms with Crippen molar-refractivity contribution in [3.8, 4) is 11.5 Å². The highest BCUT2D eigenvalue weighted by atomic mass is 35.5. The smallest absolute Gasteiger partial charge is 0.224 e. The van der Waals surface area contributed by atoms with Crippen LogP contribution in [0.3, 0.4) is 0 Å². The molecule has 0 heterocycles. The zero-order valence-corrected chi connectivity index (χ0v) is 15.1. The Morgan fingerprint density at radius 3 is 2.68 bits per heavy atom. The molecule has 0 unspecified atom stereocenters. The van der Waals surface area contributed by atoms with Gasteiger partial charge in [-0.05, 0) is 36.8 Å². The average molecular weight is 380 g/mol. The number of anilines is 1. The normalized spacial score (nSPS) is 10.2. The molecule has 0 saturated heterocycles. The molecule has 4 nitrogen and oxygen atoms in total. The summed E-state index contributed by atoms with van der Waals surface area (Å²) in [5, 5.41) is 3.84. The van der Waals surface area contributed by atoms with Crippen LogP contribution >= 0.6 is 23.2 Å². The van der Waals surface area contributed by atoms with Crippen molar-refractivity contribution in [3.05, 3.63) is 65.2 Å². The molecule has 0 saturated carbocycles. The van der Waals surface area contributed by atoms with E-state index in [4.69, 9.17) is 32.7 Å². The van der Waals surface area contributed by atoms with Crippen LogP contribution in [0, 0.1) is 0 Å². The maximum absolute atomic E-state index is 12.1. The van der Waals surface area contributed by atoms with Crippen LogP contribution in [-0.2, 0) is 4.79 Å². The van der Waals surface area contributed by atoms with Gasteiger partial charge in [0, 0.05) is 11.4 Å². The molecule has 0 aliphatic heterocycles. The molecule has 0 aliphatic carbocycles. The second-order valence-electron chi connectivity index (χ2n) is 5.17. The van der Waals surface area contributed by atoms with E-state index < -0.39 is 0 Å². The van der Waals surface area contributed by atoms with Gasteiger partial charge >= 0.3 is 0 Å². The lowest BCUT2D eigenvalue weighted by molar-refractivity contribution is -0.116. The lowest BCUT2D eigenvalue weighted by atomic mass is 10.2. The average Bonchev–Trinajstić information content (AvgIpc) is 2.59. The van der Waals surface area contributed by atoms with Crippen LogP contribution in [0.1, 0.15) is 12.8 Å². The minimum absolute atomic E-state index is 0.111. The highest BCUT2D eigenvalue weighted by Gasteiger charge is 2.08. The molecule has 6 heteroatoms. The summed E-state index contributed by atoms with van der Waals surface area (Å²) in [5.74, 6) is 1.05. The van der Waals surface area contributed by atoms with Crippen LogP contribution in [-0.4, -0.2) is 19.1 Å². The van der Waals surface area contributed by atoms with E-state index in [0.717, 1.165) is 0 Å². The molecule has 2 rings (SSSR count). The van der Waals surface area contributed by atoms with Crippen molar-refractivity contribution >= 4 is 34.8 Å². The van der Waals surface area contributed by atoms with Gasteiger partial charge in [-0.2, -0.15) is 0 Å². The number of para-hydroxylation sites is 2. The zero-order chi connectivity index (χ0) is 18.1. The van der Waals surface area contributed by atoms with E-state index in [1.54, 1.807) is 36.4 Å². The molecule has 0 bridgehead atoms. The number of hydrogen-bond acceptors (Lipinski definition) is 3. The molecule has 2 aromatic carbocycles. The monoisotopic (exact) mass is 379 g/mol. The minimum atomic E-state index is -0.111. The molecule has 1 N–H and O–H groups in total. The quantitative estimate of drug-likeness (QED) is 0.471. The van der Waals surface area contributed by atoms with Gasteiger partial charge in [0.15, 0.2) is 0 Å². The summed E-state index contributed by atoms with van der Waals surface area (Å²) in [7, 11) is 0. The predicted octanol–water partition coefficient (Wildman–Crippen LogP) is 5.36. The Balaban J connectivity index is 1.78. The van der Waals surface area contributed by atoms with Crippen molar-refractivity contribution in [2.75, 3.05) is 18.5 Å². The van der Waals surface area contributed by atoms with Gasteiger partial charge in [-0.1, -0.05) is 48.0 Å². The molecule has 2 aromatic rings. The van der Waals surface area contributed by atoms with Gasteiger partial charge in [0.1, 0.15) is 18.1 Å². The summed E-state index contributed by atoms with van der Waals surface area (Å²) in [6, 6.07) is 12.3. The highest BCUT2D eigenvalue weighted by molar-refractivity contribution is 6.35. The summed E-state index contributed by atoms with van der Waals surface area (Å²) in [4.78, 5) is 12.1. The molecule has 0 radical (unpaired) electrons. The van der Waals surface area contributed by atoms with Gasteiger partial charge in [-0.3, -0.25) is 4.79 Å². The van der Waals surface area contributed by atoms with E-state index in [9.17, 15) is 4.79 Å². The lowest BCUT2D eigenvalue weighted by Gasteiger charge is -2.11. The molecule has 0 aliphatic rings. The number of amides is 1. The third kappa shape index (κ3) is 6.33. The van der Waals surface area contributed by atoms with Gasteiger partial charge < -0.3 is 14.8 Å². The molecule has 0 atom stereocenters. The maximum atomic E-state index is 12.1. The van der Waals surface area contributed by atoms with Crippen molar-refractivity contribution < 1.29 is 14.3 Å². The summed E-state index contributed by atoms with van der Waals surface area (Å²) in [5.41, 5.74) is 0.635. The largest absolute Gasteiger partial charge is 0.492 e. The minimum Gasteiger partial charge on any atom is -0.492 e. The van der Waals surface area contributed by atoms with Crippen molar-refractivity contribution in [2.45, 2.75) is 12.8 Å². The Hall–Kier alpha value is -2.17. The highest BCUT2D eigenvalue weighted by Crippen LogP contribution is 2.27.